The Bertz CT molecular complexity index is 738. The van der Waals surface area contributed by atoms with Crippen LogP contribution in [0, 0.1) is 10.1 Å². The molecule has 1 aromatic heterocycles. The van der Waals surface area contributed by atoms with Gasteiger partial charge in [-0.1, -0.05) is 0 Å². The zero-order valence-electron chi connectivity index (χ0n) is 16.7. The topological polar surface area (TPSA) is 83.6 Å². The van der Waals surface area contributed by atoms with Crippen molar-refractivity contribution in [1.29, 1.82) is 0 Å². The summed E-state index contributed by atoms with van der Waals surface area (Å²) in [5.41, 5.74) is 0. The Morgan fingerprint density at radius 1 is 0.806 bits per heavy atom. The van der Waals surface area contributed by atoms with E-state index in [0.29, 0.717) is 0 Å². The predicted molar refractivity (Wildman–Crippen MR) is 105 cm³/mol. The van der Waals surface area contributed by atoms with Gasteiger partial charge in [0.2, 0.25) is 0 Å². The maximum Gasteiger partial charge on any atom is 0.494 e. The summed E-state index contributed by atoms with van der Waals surface area (Å²) >= 11 is 0. The van der Waals surface area contributed by atoms with Gasteiger partial charge in [-0.05, 0) is 48.4 Å². The van der Waals surface area contributed by atoms with Crippen LogP contribution < -0.4 is 0 Å². The summed E-state index contributed by atoms with van der Waals surface area (Å²) in [5, 5.41) is 15.5. The first-order valence-electron chi connectivity index (χ1n) is 9.96. The van der Waals surface area contributed by atoms with Crippen molar-refractivity contribution >= 4 is 21.6 Å². The summed E-state index contributed by atoms with van der Waals surface area (Å²) in [6.45, 7) is 6.30. The van der Waals surface area contributed by atoms with Crippen LogP contribution in [0.25, 0.3) is 0 Å². The first kappa shape index (κ1) is 24.5. The molecule has 0 unspecified atom stereocenters. The summed E-state index contributed by atoms with van der Waals surface area (Å²) in [4.78, 5) is 14.7. The molecule has 3 saturated heterocycles. The molecule has 0 spiro atoms. The Balaban J connectivity index is 0.000000339. The minimum atomic E-state index is -10.7. The first-order chi connectivity index (χ1) is 14.2. The van der Waals surface area contributed by atoms with Gasteiger partial charge in [-0.15, -0.1) is 14.0 Å². The van der Waals surface area contributed by atoms with Crippen molar-refractivity contribution in [2.24, 2.45) is 0 Å². The van der Waals surface area contributed by atoms with Crippen molar-refractivity contribution in [1.82, 2.24) is 28.5 Å². The van der Waals surface area contributed by atoms with Crippen LogP contribution in [-0.4, -0.2) is 72.7 Å². The Hall–Kier alpha value is -1.14. The molecule has 3 aliphatic heterocycles. The second kappa shape index (κ2) is 8.02. The molecule has 17 heteroatoms. The third-order valence-corrected chi connectivity index (χ3v) is 9.51. The van der Waals surface area contributed by atoms with Crippen LogP contribution in [-0.2, 0) is 0 Å². The molecule has 3 aliphatic rings. The minimum absolute atomic E-state index is 0.281. The summed E-state index contributed by atoms with van der Waals surface area (Å²) in [7, 11) is -12.7. The van der Waals surface area contributed by atoms with Gasteiger partial charge in [-0.2, -0.15) is 0 Å². The molecule has 9 nitrogen and oxygen atoms in total. The van der Waals surface area contributed by atoms with E-state index in [1.165, 1.54) is 38.5 Å². The van der Waals surface area contributed by atoms with E-state index < -0.39 is 20.6 Å². The Morgan fingerprint density at radius 2 is 1.13 bits per heavy atom. The second-order valence-corrected chi connectivity index (χ2v) is 12.8. The smallest absolute Gasteiger partial charge is 0.390 e. The van der Waals surface area contributed by atoms with Crippen LogP contribution in [0.4, 0.5) is 31.1 Å². The van der Waals surface area contributed by atoms with E-state index in [0.717, 1.165) is 39.3 Å². The molecule has 0 aliphatic carbocycles. The van der Waals surface area contributed by atoms with Gasteiger partial charge in [-0.3, -0.25) is 0 Å². The fourth-order valence-electron chi connectivity index (χ4n) is 4.29. The molecule has 0 aromatic carbocycles. The van der Waals surface area contributed by atoms with Gasteiger partial charge in [0.15, 0.2) is 0 Å². The molecular weight excluding hydrogens is 474 g/mol. The van der Waals surface area contributed by atoms with Crippen LogP contribution >= 0.6 is 15.7 Å². The molecule has 4 heterocycles. The number of aromatic nitrogens is 3. The van der Waals surface area contributed by atoms with Gasteiger partial charge in [0, 0.05) is 43.7 Å². The Morgan fingerprint density at radius 3 is 1.39 bits per heavy atom. The van der Waals surface area contributed by atoms with Crippen molar-refractivity contribution in [2.75, 3.05) is 39.3 Å². The van der Waals surface area contributed by atoms with E-state index in [9.17, 15) is 35.3 Å². The zero-order valence-corrected chi connectivity index (χ0v) is 18.5. The summed E-state index contributed by atoms with van der Waals surface area (Å²) < 4.78 is 68.8. The number of rotatable bonds is 5. The molecule has 3 fully saturated rings. The average molecular weight is 499 g/mol. The number of hydrogen-bond acceptors (Lipinski definition) is 7. The fourth-order valence-corrected chi connectivity index (χ4v) is 8.99. The molecule has 0 amide bonds. The maximum absolute atomic E-state index is 11.1. The van der Waals surface area contributed by atoms with Crippen molar-refractivity contribution < 1.29 is 30.1 Å². The van der Waals surface area contributed by atoms with Crippen molar-refractivity contribution in [3.05, 3.63) is 16.4 Å². The molecule has 1 aromatic rings. The number of hydrogen-bond donors (Lipinski definition) is 0. The van der Waals surface area contributed by atoms with Gasteiger partial charge >= 0.3 is 46.8 Å². The molecular formula is C14H25F6N7O2P2. The third kappa shape index (κ3) is 6.44. The average Bonchev–Trinajstić information content (AvgIpc) is 3.42. The van der Waals surface area contributed by atoms with Crippen molar-refractivity contribution in [2.45, 2.75) is 38.5 Å². The molecule has 0 bridgehead atoms. The molecule has 180 valence electrons. The standard InChI is InChI=1S/C14H25N7O2P.F6P/c22-21(23)14-15-13-20(16-14)24(17-7-1-2-8-17,18-9-3-4-10-18)19-11-5-6-12-19;1-7(2,3,4,5)6/h13H,1-12H2;/q+1;-1. The van der Waals surface area contributed by atoms with E-state index in [1.54, 1.807) is 6.33 Å². The Labute approximate surface area is 175 Å². The maximum atomic E-state index is 11.1. The molecule has 4 rings (SSSR count). The molecule has 0 atom stereocenters. The third-order valence-electron chi connectivity index (χ3n) is 5.29. The van der Waals surface area contributed by atoms with Gasteiger partial charge in [0.1, 0.15) is 0 Å². The number of halogens is 6. The van der Waals surface area contributed by atoms with Gasteiger partial charge in [0.25, 0.3) is 6.33 Å². The van der Waals surface area contributed by atoms with Crippen molar-refractivity contribution in [3.63, 3.8) is 0 Å². The van der Waals surface area contributed by atoms with E-state index >= 15 is 0 Å². The number of nitro groups is 1. The van der Waals surface area contributed by atoms with Crippen LogP contribution in [0.5, 0.6) is 0 Å². The van der Waals surface area contributed by atoms with Gasteiger partial charge < -0.3 is 10.1 Å². The van der Waals surface area contributed by atoms with Crippen LogP contribution in [0.1, 0.15) is 38.5 Å². The summed E-state index contributed by atoms with van der Waals surface area (Å²) in [6.07, 6.45) is 8.78. The molecule has 31 heavy (non-hydrogen) atoms. The monoisotopic (exact) mass is 499 g/mol. The minimum Gasteiger partial charge on any atom is -0.390 e. The SMILES string of the molecule is F[P-](F)(F)(F)(F)F.O=[N+]([O-])c1ncn([P+](N2CCCC2)(N2CCCC2)N2CCCC2)n1. The molecule has 0 saturated carbocycles. The van der Waals surface area contributed by atoms with E-state index in [4.69, 9.17) is 0 Å². The van der Waals surface area contributed by atoms with Crippen LogP contribution in [0.15, 0.2) is 6.33 Å². The largest absolute Gasteiger partial charge is 0.494 e. The van der Waals surface area contributed by atoms with E-state index in [-0.39, 0.29) is 5.95 Å². The first-order valence-corrected chi connectivity index (χ1v) is 13.6. The summed E-state index contributed by atoms with van der Waals surface area (Å²) in [5.74, 6) is -0.281. The predicted octanol–water partition coefficient (Wildman–Crippen LogP) is 5.38. The quantitative estimate of drug-likeness (QED) is 0.233. The Kier molecular flexibility index (Phi) is 6.34. The number of nitrogens with zero attached hydrogens (tertiary/aromatic N) is 7. The van der Waals surface area contributed by atoms with Crippen LogP contribution in [0.3, 0.4) is 0 Å². The summed E-state index contributed by atoms with van der Waals surface area (Å²) in [6, 6.07) is 0. The fraction of sp³-hybridized carbons (Fsp3) is 0.857. The normalized spacial score (nSPS) is 23.9. The zero-order chi connectivity index (χ0) is 23.0. The van der Waals surface area contributed by atoms with Gasteiger partial charge in [-0.25, -0.2) is 0 Å². The van der Waals surface area contributed by atoms with E-state index in [1.807, 2.05) is 4.45 Å². The van der Waals surface area contributed by atoms with E-state index in [2.05, 4.69) is 24.1 Å². The molecule has 0 radical (unpaired) electrons. The van der Waals surface area contributed by atoms with Gasteiger partial charge in [0.05, 0.1) is 5.10 Å². The van der Waals surface area contributed by atoms with Crippen molar-refractivity contribution in [3.8, 4) is 0 Å². The van der Waals surface area contributed by atoms with Crippen LogP contribution in [0.2, 0.25) is 0 Å². The second-order valence-electron chi connectivity index (χ2n) is 7.70. The molecule has 0 N–H and O–H groups in total.